The van der Waals surface area contributed by atoms with E-state index in [0.29, 0.717) is 31.2 Å². The summed E-state index contributed by atoms with van der Waals surface area (Å²) in [6.07, 6.45) is 1.98. The van der Waals surface area contributed by atoms with Crippen LogP contribution in [0.2, 0.25) is 0 Å². The van der Waals surface area contributed by atoms with Crippen LogP contribution in [0, 0.1) is 5.92 Å². The van der Waals surface area contributed by atoms with Gasteiger partial charge in [0.15, 0.2) is 0 Å². The fourth-order valence-corrected chi connectivity index (χ4v) is 4.18. The molecule has 0 saturated carbocycles. The van der Waals surface area contributed by atoms with Crippen LogP contribution >= 0.6 is 0 Å². The highest BCUT2D eigenvalue weighted by molar-refractivity contribution is 7.89. The van der Waals surface area contributed by atoms with Crippen LogP contribution in [0.5, 0.6) is 0 Å². The summed E-state index contributed by atoms with van der Waals surface area (Å²) in [4.78, 5) is 23.2. The van der Waals surface area contributed by atoms with Crippen LogP contribution in [0.15, 0.2) is 59.5 Å². The summed E-state index contributed by atoms with van der Waals surface area (Å²) in [5.74, 6) is -2.17. The summed E-state index contributed by atoms with van der Waals surface area (Å²) in [5, 5.41) is 9.66. The number of aliphatic carboxylic acids is 1. The number of sulfonamides is 1. The summed E-state index contributed by atoms with van der Waals surface area (Å²) in [6, 6.07) is 16.1. The van der Waals surface area contributed by atoms with Gasteiger partial charge in [-0.25, -0.2) is 13.1 Å². The van der Waals surface area contributed by atoms with Gasteiger partial charge in [-0.3, -0.25) is 9.59 Å². The SMILES string of the molecule is CNS(=O)(=O)c1cccc(C(CCC(CCc2ccccc2)C(=O)O)COC(C)=O)c1. The zero-order chi connectivity index (χ0) is 22.9. The Balaban J connectivity index is 2.14. The Kier molecular flexibility index (Phi) is 9.21. The minimum Gasteiger partial charge on any atom is -0.481 e. The molecule has 2 unspecified atom stereocenters. The number of aryl methyl sites for hydroxylation is 1. The van der Waals surface area contributed by atoms with Crippen molar-refractivity contribution in [1.82, 2.24) is 4.72 Å². The maximum atomic E-state index is 12.1. The minimum atomic E-state index is -3.62. The maximum Gasteiger partial charge on any atom is 0.306 e. The Morgan fingerprint density at radius 1 is 1.03 bits per heavy atom. The van der Waals surface area contributed by atoms with E-state index in [9.17, 15) is 23.1 Å². The van der Waals surface area contributed by atoms with Crippen molar-refractivity contribution in [3.8, 4) is 0 Å². The normalized spacial score (nSPS) is 13.4. The second-order valence-corrected chi connectivity index (χ2v) is 9.30. The molecule has 7 nitrogen and oxygen atoms in total. The lowest BCUT2D eigenvalue weighted by Gasteiger charge is -2.20. The number of hydrogen-bond acceptors (Lipinski definition) is 5. The van der Waals surface area contributed by atoms with Gasteiger partial charge in [0.05, 0.1) is 17.4 Å². The van der Waals surface area contributed by atoms with Gasteiger partial charge in [-0.15, -0.1) is 0 Å². The van der Waals surface area contributed by atoms with Gasteiger partial charge in [0.1, 0.15) is 0 Å². The molecule has 0 aliphatic heterocycles. The van der Waals surface area contributed by atoms with Crippen molar-refractivity contribution >= 4 is 22.0 Å². The number of carbonyl (C=O) groups is 2. The number of benzene rings is 2. The molecule has 0 bridgehead atoms. The number of esters is 1. The number of carboxylic acid groups (broad SMARTS) is 1. The molecule has 2 N–H and O–H groups in total. The molecule has 0 saturated heterocycles. The number of carbonyl (C=O) groups excluding carboxylic acids is 1. The van der Waals surface area contributed by atoms with E-state index in [2.05, 4.69) is 4.72 Å². The maximum absolute atomic E-state index is 12.1. The quantitative estimate of drug-likeness (QED) is 0.483. The number of hydrogen-bond donors (Lipinski definition) is 2. The summed E-state index contributed by atoms with van der Waals surface area (Å²) in [7, 11) is -2.29. The van der Waals surface area contributed by atoms with Crippen LogP contribution in [0.1, 0.15) is 43.2 Å². The van der Waals surface area contributed by atoms with Crippen LogP contribution in [-0.4, -0.2) is 39.1 Å². The van der Waals surface area contributed by atoms with E-state index in [1.807, 2.05) is 30.3 Å². The fourth-order valence-electron chi connectivity index (χ4n) is 3.40. The summed E-state index contributed by atoms with van der Waals surface area (Å²) < 4.78 is 31.7. The van der Waals surface area contributed by atoms with Crippen molar-refractivity contribution in [3.05, 3.63) is 65.7 Å². The Morgan fingerprint density at radius 3 is 2.35 bits per heavy atom. The van der Waals surface area contributed by atoms with E-state index < -0.39 is 27.9 Å². The average molecular weight is 448 g/mol. The molecule has 2 rings (SSSR count). The van der Waals surface area contributed by atoms with E-state index in [1.165, 1.54) is 20.0 Å². The highest BCUT2D eigenvalue weighted by Crippen LogP contribution is 2.28. The van der Waals surface area contributed by atoms with E-state index in [-0.39, 0.29) is 17.4 Å². The monoisotopic (exact) mass is 447 g/mol. The zero-order valence-corrected chi connectivity index (χ0v) is 18.6. The summed E-state index contributed by atoms with van der Waals surface area (Å²) in [5.41, 5.74) is 1.76. The summed E-state index contributed by atoms with van der Waals surface area (Å²) in [6.45, 7) is 1.36. The molecule has 2 aromatic rings. The molecule has 0 aromatic heterocycles. The average Bonchev–Trinajstić information content (AvgIpc) is 2.76. The van der Waals surface area contributed by atoms with Crippen molar-refractivity contribution in [2.75, 3.05) is 13.7 Å². The Labute approximate surface area is 183 Å². The van der Waals surface area contributed by atoms with Gasteiger partial charge in [-0.05, 0) is 56.0 Å². The third-order valence-corrected chi connectivity index (χ3v) is 6.65. The van der Waals surface area contributed by atoms with Crippen LogP contribution in [0.4, 0.5) is 0 Å². The molecule has 8 heteroatoms. The Morgan fingerprint density at radius 2 is 1.74 bits per heavy atom. The van der Waals surface area contributed by atoms with E-state index in [1.54, 1.807) is 18.2 Å². The third-order valence-electron chi connectivity index (χ3n) is 5.23. The minimum absolute atomic E-state index is 0.0589. The molecule has 0 fully saturated rings. The van der Waals surface area contributed by atoms with Crippen molar-refractivity contribution in [1.29, 1.82) is 0 Å². The van der Waals surface area contributed by atoms with Gasteiger partial charge in [0.25, 0.3) is 0 Å². The molecule has 31 heavy (non-hydrogen) atoms. The molecule has 0 spiro atoms. The van der Waals surface area contributed by atoms with Crippen molar-refractivity contribution in [2.24, 2.45) is 5.92 Å². The number of nitrogens with one attached hydrogen (secondary N) is 1. The molecule has 2 aromatic carbocycles. The fraction of sp³-hybridized carbons (Fsp3) is 0.391. The topological polar surface area (TPSA) is 110 Å². The zero-order valence-electron chi connectivity index (χ0n) is 17.8. The second kappa shape index (κ2) is 11.6. The molecule has 2 atom stereocenters. The highest BCUT2D eigenvalue weighted by Gasteiger charge is 2.22. The molecule has 0 aliphatic carbocycles. The Hall–Kier alpha value is -2.71. The van der Waals surface area contributed by atoms with Crippen molar-refractivity contribution in [2.45, 2.75) is 43.4 Å². The lowest BCUT2D eigenvalue weighted by Crippen LogP contribution is -2.20. The van der Waals surface area contributed by atoms with Crippen molar-refractivity contribution in [3.63, 3.8) is 0 Å². The number of ether oxygens (including phenoxy) is 1. The lowest BCUT2D eigenvalue weighted by molar-refractivity contribution is -0.143. The lowest BCUT2D eigenvalue weighted by atomic mass is 9.88. The first-order chi connectivity index (χ1) is 14.7. The third kappa shape index (κ3) is 7.80. The first kappa shape index (κ1) is 24.6. The number of carboxylic acids is 1. The van der Waals surface area contributed by atoms with Gasteiger partial charge in [0.2, 0.25) is 10.0 Å². The predicted octanol–water partition coefficient (Wildman–Crippen LogP) is 3.36. The first-order valence-electron chi connectivity index (χ1n) is 10.2. The Bertz CT molecular complexity index is 975. The smallest absolute Gasteiger partial charge is 0.306 e. The van der Waals surface area contributed by atoms with Gasteiger partial charge >= 0.3 is 11.9 Å². The largest absolute Gasteiger partial charge is 0.481 e. The van der Waals surface area contributed by atoms with Crippen LogP contribution in [0.25, 0.3) is 0 Å². The summed E-state index contributed by atoms with van der Waals surface area (Å²) >= 11 is 0. The highest BCUT2D eigenvalue weighted by atomic mass is 32.2. The molecular formula is C23H29NO6S. The first-order valence-corrected chi connectivity index (χ1v) is 11.6. The van der Waals surface area contributed by atoms with Crippen LogP contribution in [0.3, 0.4) is 0 Å². The molecular weight excluding hydrogens is 418 g/mol. The van der Waals surface area contributed by atoms with Crippen molar-refractivity contribution < 1.29 is 27.9 Å². The molecule has 0 amide bonds. The molecule has 0 aliphatic rings. The van der Waals surface area contributed by atoms with Crippen LogP contribution < -0.4 is 4.72 Å². The number of rotatable bonds is 12. The standard InChI is InChI=1S/C23H29NO6S/c1-17(25)30-16-21(20-9-6-10-22(15-20)31(28,29)24-2)14-13-19(23(26)27)12-11-18-7-4-3-5-8-18/h3-10,15,19,21,24H,11-14,16H2,1-2H3,(H,26,27). The molecule has 168 valence electrons. The molecule has 0 radical (unpaired) electrons. The second-order valence-electron chi connectivity index (χ2n) is 7.42. The van der Waals surface area contributed by atoms with Gasteiger partial charge in [-0.2, -0.15) is 0 Å². The van der Waals surface area contributed by atoms with Gasteiger partial charge in [0, 0.05) is 12.8 Å². The van der Waals surface area contributed by atoms with E-state index >= 15 is 0 Å². The molecule has 0 heterocycles. The van der Waals surface area contributed by atoms with E-state index in [4.69, 9.17) is 4.74 Å². The van der Waals surface area contributed by atoms with Gasteiger partial charge in [-0.1, -0.05) is 42.5 Å². The van der Waals surface area contributed by atoms with E-state index in [0.717, 1.165) is 5.56 Å². The van der Waals surface area contributed by atoms with Gasteiger partial charge < -0.3 is 9.84 Å². The van der Waals surface area contributed by atoms with Crippen LogP contribution in [-0.2, 0) is 30.8 Å². The predicted molar refractivity (Wildman–Crippen MR) is 117 cm³/mol.